The van der Waals surface area contributed by atoms with Crippen LogP contribution in [-0.4, -0.2) is 21.0 Å². The van der Waals surface area contributed by atoms with Crippen molar-refractivity contribution in [1.82, 2.24) is 9.97 Å². The van der Waals surface area contributed by atoms with Gasteiger partial charge < -0.3 is 5.11 Å². The molecule has 4 nitrogen and oxygen atoms in total. The number of carboxylic acids is 1. The zero-order valence-electron chi connectivity index (χ0n) is 10.9. The molecule has 1 heterocycles. The molecular formula is C13H20N2O2. The molecule has 0 aromatic carbocycles. The Morgan fingerprint density at radius 2 is 2.00 bits per heavy atom. The van der Waals surface area contributed by atoms with E-state index in [1.807, 2.05) is 13.0 Å². The summed E-state index contributed by atoms with van der Waals surface area (Å²) in [5.74, 6) is -0.0233. The molecule has 0 aliphatic carbocycles. The van der Waals surface area contributed by atoms with Crippen LogP contribution in [0.2, 0.25) is 0 Å². The number of aliphatic carboxylic acids is 1. The van der Waals surface area contributed by atoms with Crippen molar-refractivity contribution < 1.29 is 9.90 Å². The minimum atomic E-state index is -0.770. The van der Waals surface area contributed by atoms with E-state index in [1.165, 1.54) is 0 Å². The zero-order valence-corrected chi connectivity index (χ0v) is 10.9. The normalized spacial score (nSPS) is 11.5. The number of hydrogen-bond acceptors (Lipinski definition) is 3. The van der Waals surface area contributed by atoms with Crippen molar-refractivity contribution in [2.75, 3.05) is 0 Å². The molecule has 0 saturated heterocycles. The van der Waals surface area contributed by atoms with E-state index in [2.05, 4.69) is 30.7 Å². The summed E-state index contributed by atoms with van der Waals surface area (Å²) in [5.41, 5.74) is 1.94. The Morgan fingerprint density at radius 1 is 1.35 bits per heavy atom. The minimum Gasteiger partial charge on any atom is -0.481 e. The van der Waals surface area contributed by atoms with Crippen LogP contribution >= 0.6 is 0 Å². The number of carbonyl (C=O) groups is 1. The maximum atomic E-state index is 10.4. The number of nitrogens with zero attached hydrogens (tertiary/aromatic N) is 2. The highest BCUT2D eigenvalue weighted by Gasteiger charge is 2.17. The Bertz CT molecular complexity index is 408. The summed E-state index contributed by atoms with van der Waals surface area (Å²) in [6.45, 7) is 8.26. The second-order valence-electron chi connectivity index (χ2n) is 5.31. The first-order valence-electron chi connectivity index (χ1n) is 5.86. The van der Waals surface area contributed by atoms with Crippen molar-refractivity contribution in [2.45, 2.75) is 52.4 Å². The van der Waals surface area contributed by atoms with E-state index in [0.717, 1.165) is 17.2 Å². The number of rotatable bonds is 4. The third-order valence-electron chi connectivity index (χ3n) is 2.46. The molecule has 0 saturated carbocycles. The fourth-order valence-corrected chi connectivity index (χ4v) is 1.52. The van der Waals surface area contributed by atoms with E-state index in [4.69, 9.17) is 5.11 Å². The first-order valence-corrected chi connectivity index (χ1v) is 5.86. The molecule has 17 heavy (non-hydrogen) atoms. The van der Waals surface area contributed by atoms with Gasteiger partial charge in [-0.1, -0.05) is 20.8 Å². The summed E-state index contributed by atoms with van der Waals surface area (Å²) >= 11 is 0. The van der Waals surface area contributed by atoms with Gasteiger partial charge in [0.1, 0.15) is 5.82 Å². The molecule has 0 amide bonds. The second kappa shape index (κ2) is 5.25. The van der Waals surface area contributed by atoms with E-state index < -0.39 is 5.97 Å². The van der Waals surface area contributed by atoms with E-state index in [0.29, 0.717) is 12.8 Å². The van der Waals surface area contributed by atoms with Gasteiger partial charge in [-0.15, -0.1) is 0 Å². The topological polar surface area (TPSA) is 63.1 Å². The molecule has 1 N–H and O–H groups in total. The van der Waals surface area contributed by atoms with Crippen molar-refractivity contribution >= 4 is 5.97 Å². The van der Waals surface area contributed by atoms with Crippen LogP contribution in [0, 0.1) is 6.92 Å². The molecule has 1 rings (SSSR count). The van der Waals surface area contributed by atoms with Crippen LogP contribution in [0.25, 0.3) is 0 Å². The number of aryl methyl sites for hydroxylation is 2. The Hall–Kier alpha value is -1.45. The first kappa shape index (κ1) is 13.6. The Balaban J connectivity index is 2.79. The standard InChI is InChI=1S/C13H20N2O2/c1-9-8-10(13(2,3)4)15-11(14-9)6-5-7-12(16)17/h8H,5-7H2,1-4H3,(H,16,17). The fraction of sp³-hybridized carbons (Fsp3) is 0.615. The fourth-order valence-electron chi connectivity index (χ4n) is 1.52. The van der Waals surface area contributed by atoms with Gasteiger partial charge in [-0.05, 0) is 19.4 Å². The van der Waals surface area contributed by atoms with Crippen LogP contribution in [0.4, 0.5) is 0 Å². The molecule has 1 aromatic rings. The predicted molar refractivity (Wildman–Crippen MR) is 66.0 cm³/mol. The largest absolute Gasteiger partial charge is 0.481 e. The zero-order chi connectivity index (χ0) is 13.1. The van der Waals surface area contributed by atoms with Crippen LogP contribution < -0.4 is 0 Å². The maximum absolute atomic E-state index is 10.4. The summed E-state index contributed by atoms with van der Waals surface area (Å²) < 4.78 is 0. The number of hydrogen-bond donors (Lipinski definition) is 1. The minimum absolute atomic E-state index is 0.00471. The van der Waals surface area contributed by atoms with E-state index >= 15 is 0 Å². The highest BCUT2D eigenvalue weighted by molar-refractivity contribution is 5.66. The molecule has 0 atom stereocenters. The molecule has 0 aliphatic rings. The lowest BCUT2D eigenvalue weighted by atomic mass is 9.91. The smallest absolute Gasteiger partial charge is 0.303 e. The maximum Gasteiger partial charge on any atom is 0.303 e. The number of aromatic nitrogens is 2. The highest BCUT2D eigenvalue weighted by Crippen LogP contribution is 2.20. The van der Waals surface area contributed by atoms with Gasteiger partial charge in [-0.2, -0.15) is 0 Å². The van der Waals surface area contributed by atoms with Gasteiger partial charge in [0.2, 0.25) is 0 Å². The second-order valence-corrected chi connectivity index (χ2v) is 5.31. The lowest BCUT2D eigenvalue weighted by molar-refractivity contribution is -0.137. The van der Waals surface area contributed by atoms with Crippen LogP contribution in [-0.2, 0) is 16.6 Å². The summed E-state index contributed by atoms with van der Waals surface area (Å²) in [4.78, 5) is 19.3. The molecule has 0 radical (unpaired) electrons. The van der Waals surface area contributed by atoms with Crippen molar-refractivity contribution in [3.63, 3.8) is 0 Å². The van der Waals surface area contributed by atoms with Gasteiger partial charge in [0.15, 0.2) is 0 Å². The van der Waals surface area contributed by atoms with Crippen LogP contribution in [0.15, 0.2) is 6.07 Å². The Kier molecular flexibility index (Phi) is 4.21. The SMILES string of the molecule is Cc1cc(C(C)(C)C)nc(CCCC(=O)O)n1. The molecular weight excluding hydrogens is 216 g/mol. The summed E-state index contributed by atoms with van der Waals surface area (Å²) in [6.07, 6.45) is 1.38. The summed E-state index contributed by atoms with van der Waals surface area (Å²) in [6, 6.07) is 1.99. The third-order valence-corrected chi connectivity index (χ3v) is 2.46. The number of carboxylic acid groups (broad SMARTS) is 1. The summed E-state index contributed by atoms with van der Waals surface area (Å²) in [5, 5.41) is 8.59. The lowest BCUT2D eigenvalue weighted by Gasteiger charge is -2.18. The van der Waals surface area contributed by atoms with Crippen molar-refractivity contribution in [1.29, 1.82) is 0 Å². The van der Waals surface area contributed by atoms with Crippen molar-refractivity contribution in [3.8, 4) is 0 Å². The van der Waals surface area contributed by atoms with Gasteiger partial charge in [-0.25, -0.2) is 9.97 Å². The van der Waals surface area contributed by atoms with Gasteiger partial charge in [0.25, 0.3) is 0 Å². The molecule has 0 aliphatic heterocycles. The van der Waals surface area contributed by atoms with E-state index in [1.54, 1.807) is 0 Å². The Morgan fingerprint density at radius 3 is 2.53 bits per heavy atom. The molecule has 0 spiro atoms. The van der Waals surface area contributed by atoms with Crippen LogP contribution in [0.5, 0.6) is 0 Å². The van der Waals surface area contributed by atoms with Gasteiger partial charge >= 0.3 is 5.97 Å². The first-order chi connectivity index (χ1) is 7.79. The lowest BCUT2D eigenvalue weighted by Crippen LogP contribution is -2.16. The summed E-state index contributed by atoms with van der Waals surface area (Å²) in [7, 11) is 0. The third kappa shape index (κ3) is 4.51. The average molecular weight is 236 g/mol. The predicted octanol–water partition coefficient (Wildman–Crippen LogP) is 2.49. The molecule has 1 aromatic heterocycles. The van der Waals surface area contributed by atoms with Gasteiger partial charge in [-0.3, -0.25) is 4.79 Å². The Labute approximate surface area is 102 Å². The highest BCUT2D eigenvalue weighted by atomic mass is 16.4. The molecule has 0 unspecified atom stereocenters. The van der Waals surface area contributed by atoms with E-state index in [9.17, 15) is 4.79 Å². The molecule has 4 heteroatoms. The molecule has 94 valence electrons. The van der Waals surface area contributed by atoms with Gasteiger partial charge in [0.05, 0.1) is 0 Å². The van der Waals surface area contributed by atoms with Gasteiger partial charge in [0, 0.05) is 29.6 Å². The van der Waals surface area contributed by atoms with Crippen LogP contribution in [0.3, 0.4) is 0 Å². The van der Waals surface area contributed by atoms with Crippen molar-refractivity contribution in [3.05, 3.63) is 23.3 Å². The quantitative estimate of drug-likeness (QED) is 0.872. The molecule has 0 bridgehead atoms. The van der Waals surface area contributed by atoms with Crippen LogP contribution in [0.1, 0.15) is 50.8 Å². The monoisotopic (exact) mass is 236 g/mol. The average Bonchev–Trinajstić information content (AvgIpc) is 2.14. The van der Waals surface area contributed by atoms with E-state index in [-0.39, 0.29) is 11.8 Å². The van der Waals surface area contributed by atoms with Crippen molar-refractivity contribution in [2.24, 2.45) is 0 Å². The molecule has 0 fully saturated rings.